The van der Waals surface area contributed by atoms with Crippen molar-refractivity contribution in [3.63, 3.8) is 0 Å². The number of benzene rings is 2. The van der Waals surface area contributed by atoms with Gasteiger partial charge < -0.3 is 4.74 Å². The molecule has 144 valence electrons. The zero-order valence-electron chi connectivity index (χ0n) is 15.4. The first kappa shape index (κ1) is 19.7. The van der Waals surface area contributed by atoms with Gasteiger partial charge in [0.25, 0.3) is 10.0 Å². The monoisotopic (exact) mass is 406 g/mol. The van der Waals surface area contributed by atoms with Crippen LogP contribution in [0.2, 0.25) is 5.02 Å². The third kappa shape index (κ3) is 4.82. The summed E-state index contributed by atoms with van der Waals surface area (Å²) in [6, 6.07) is 12.6. The number of sulfonamides is 1. The Morgan fingerprint density at radius 1 is 1.11 bits per heavy atom. The van der Waals surface area contributed by atoms with Gasteiger partial charge in [0.2, 0.25) is 0 Å². The van der Waals surface area contributed by atoms with Crippen LogP contribution in [0.5, 0.6) is 5.75 Å². The minimum atomic E-state index is -3.62. The summed E-state index contributed by atoms with van der Waals surface area (Å²) in [5, 5.41) is 4.77. The number of halogens is 1. The van der Waals surface area contributed by atoms with Crippen LogP contribution in [0, 0.1) is 6.92 Å². The number of hydrazone groups is 1. The fourth-order valence-corrected chi connectivity index (χ4v) is 4.34. The van der Waals surface area contributed by atoms with Gasteiger partial charge in [-0.25, -0.2) is 4.83 Å². The summed E-state index contributed by atoms with van der Waals surface area (Å²) in [7, 11) is -2.03. The molecule has 1 fully saturated rings. The second-order valence-electron chi connectivity index (χ2n) is 6.75. The smallest absolute Gasteiger partial charge is 0.276 e. The summed E-state index contributed by atoms with van der Waals surface area (Å²) in [5.41, 5.74) is 3.07. The van der Waals surface area contributed by atoms with Crippen molar-refractivity contribution >= 4 is 27.3 Å². The van der Waals surface area contributed by atoms with E-state index in [2.05, 4.69) is 9.93 Å². The van der Waals surface area contributed by atoms with Crippen LogP contribution in [0.3, 0.4) is 0 Å². The summed E-state index contributed by atoms with van der Waals surface area (Å²) >= 11 is 6.22. The summed E-state index contributed by atoms with van der Waals surface area (Å²) < 4.78 is 29.8. The third-order valence-electron chi connectivity index (χ3n) is 4.87. The molecule has 0 aliphatic heterocycles. The molecule has 27 heavy (non-hydrogen) atoms. The Labute approximate surface area is 165 Å². The minimum absolute atomic E-state index is 0.221. The van der Waals surface area contributed by atoms with Crippen molar-refractivity contribution in [1.29, 1.82) is 0 Å². The van der Waals surface area contributed by atoms with Crippen LogP contribution >= 0.6 is 11.6 Å². The van der Waals surface area contributed by atoms with Crippen molar-refractivity contribution in [3.8, 4) is 5.75 Å². The summed E-state index contributed by atoms with van der Waals surface area (Å²) in [6.45, 7) is 1.92. The lowest BCUT2D eigenvalue weighted by Gasteiger charge is -2.24. The Bertz CT molecular complexity index is 930. The fourth-order valence-electron chi connectivity index (χ4n) is 3.23. The predicted octanol–water partition coefficient (Wildman–Crippen LogP) is 4.65. The fraction of sp³-hybridized carbons (Fsp3) is 0.350. The number of nitrogens with one attached hydrogen (secondary N) is 1. The van der Waals surface area contributed by atoms with Crippen LogP contribution < -0.4 is 9.57 Å². The lowest BCUT2D eigenvalue weighted by Crippen LogP contribution is -2.22. The lowest BCUT2D eigenvalue weighted by molar-refractivity contribution is 0.414. The Balaban J connectivity index is 1.61. The molecule has 0 aromatic heterocycles. The summed E-state index contributed by atoms with van der Waals surface area (Å²) in [4.78, 5) is 2.59. The molecular weight excluding hydrogens is 384 g/mol. The van der Waals surface area contributed by atoms with E-state index in [0.717, 1.165) is 37.0 Å². The Morgan fingerprint density at radius 3 is 2.37 bits per heavy atom. The summed E-state index contributed by atoms with van der Waals surface area (Å²) in [6.07, 6.45) is 3.33. The highest BCUT2D eigenvalue weighted by atomic mass is 35.5. The standard InChI is InChI=1S/C20H23ClN2O3S/c1-14-3-10-18(11-4-14)27(24,25)23-22-17-8-5-15(6-9-17)16-7-12-20(26-2)19(21)13-16/h3-4,7,10-13,15,23H,5-6,8-9H2,1-2H3. The highest BCUT2D eigenvalue weighted by Gasteiger charge is 2.21. The third-order valence-corrected chi connectivity index (χ3v) is 6.39. The highest BCUT2D eigenvalue weighted by molar-refractivity contribution is 7.89. The number of rotatable bonds is 5. The summed E-state index contributed by atoms with van der Waals surface area (Å²) in [5.74, 6) is 1.06. The van der Waals surface area contributed by atoms with Crippen LogP contribution in [-0.4, -0.2) is 21.2 Å². The van der Waals surface area contributed by atoms with Gasteiger partial charge in [-0.05, 0) is 68.4 Å². The lowest BCUT2D eigenvalue weighted by atomic mass is 9.83. The van der Waals surface area contributed by atoms with E-state index in [0.29, 0.717) is 16.7 Å². The van der Waals surface area contributed by atoms with E-state index in [1.807, 2.05) is 25.1 Å². The van der Waals surface area contributed by atoms with Gasteiger partial charge in [-0.3, -0.25) is 0 Å². The first-order valence-corrected chi connectivity index (χ1v) is 10.7. The molecule has 1 aliphatic carbocycles. The van der Waals surface area contributed by atoms with E-state index in [9.17, 15) is 8.42 Å². The largest absolute Gasteiger partial charge is 0.495 e. The predicted molar refractivity (Wildman–Crippen MR) is 108 cm³/mol. The molecule has 0 radical (unpaired) electrons. The molecule has 2 aromatic rings. The molecule has 1 N–H and O–H groups in total. The average molecular weight is 407 g/mol. The Morgan fingerprint density at radius 2 is 1.78 bits per heavy atom. The molecule has 0 atom stereocenters. The highest BCUT2D eigenvalue weighted by Crippen LogP contribution is 2.35. The Kier molecular flexibility index (Phi) is 6.07. The van der Waals surface area contributed by atoms with Crippen molar-refractivity contribution in [2.75, 3.05) is 7.11 Å². The van der Waals surface area contributed by atoms with Crippen molar-refractivity contribution in [2.24, 2.45) is 5.10 Å². The molecular formula is C20H23ClN2O3S. The van der Waals surface area contributed by atoms with Gasteiger partial charge in [-0.2, -0.15) is 13.5 Å². The zero-order chi connectivity index (χ0) is 19.4. The van der Waals surface area contributed by atoms with Crippen LogP contribution in [-0.2, 0) is 10.0 Å². The normalized spacial score (nSPS) is 17.4. The van der Waals surface area contributed by atoms with Crippen LogP contribution in [0.25, 0.3) is 0 Å². The molecule has 0 bridgehead atoms. The molecule has 1 aliphatic rings. The second kappa shape index (κ2) is 8.31. The van der Waals surface area contributed by atoms with Crippen LogP contribution in [0.4, 0.5) is 0 Å². The molecule has 1 saturated carbocycles. The molecule has 0 spiro atoms. The number of nitrogens with zero attached hydrogens (tertiary/aromatic N) is 1. The van der Waals surface area contributed by atoms with Crippen molar-refractivity contribution in [2.45, 2.75) is 43.4 Å². The number of aryl methyl sites for hydroxylation is 1. The maximum atomic E-state index is 12.3. The van der Waals surface area contributed by atoms with Gasteiger partial charge in [0.1, 0.15) is 5.75 Å². The van der Waals surface area contributed by atoms with Gasteiger partial charge in [-0.1, -0.05) is 35.4 Å². The molecule has 0 saturated heterocycles. The molecule has 2 aromatic carbocycles. The number of methoxy groups -OCH3 is 1. The molecule has 3 rings (SSSR count). The van der Waals surface area contributed by atoms with E-state index < -0.39 is 10.0 Å². The topological polar surface area (TPSA) is 67.8 Å². The van der Waals surface area contributed by atoms with E-state index >= 15 is 0 Å². The first-order valence-electron chi connectivity index (χ1n) is 8.86. The van der Waals surface area contributed by atoms with Gasteiger partial charge in [0.15, 0.2) is 0 Å². The quantitative estimate of drug-likeness (QED) is 0.735. The van der Waals surface area contributed by atoms with Crippen LogP contribution in [0.15, 0.2) is 52.5 Å². The molecule has 0 heterocycles. The Hall–Kier alpha value is -2.05. The van der Waals surface area contributed by atoms with Gasteiger partial charge in [-0.15, -0.1) is 0 Å². The zero-order valence-corrected chi connectivity index (χ0v) is 17.0. The molecule has 0 unspecified atom stereocenters. The maximum absolute atomic E-state index is 12.3. The molecule has 7 heteroatoms. The van der Waals surface area contributed by atoms with Gasteiger partial charge in [0, 0.05) is 5.71 Å². The number of hydrogen-bond acceptors (Lipinski definition) is 4. The van der Waals surface area contributed by atoms with E-state index in [4.69, 9.17) is 16.3 Å². The number of ether oxygens (including phenoxy) is 1. The average Bonchev–Trinajstić information content (AvgIpc) is 2.67. The maximum Gasteiger partial charge on any atom is 0.276 e. The van der Waals surface area contributed by atoms with Crippen molar-refractivity contribution in [3.05, 3.63) is 58.6 Å². The first-order chi connectivity index (χ1) is 12.9. The van der Waals surface area contributed by atoms with Crippen LogP contribution in [0.1, 0.15) is 42.7 Å². The second-order valence-corrected chi connectivity index (χ2v) is 8.82. The van der Waals surface area contributed by atoms with E-state index in [1.54, 1.807) is 31.4 Å². The van der Waals surface area contributed by atoms with Gasteiger partial charge >= 0.3 is 0 Å². The van der Waals surface area contributed by atoms with Crippen molar-refractivity contribution < 1.29 is 13.2 Å². The van der Waals surface area contributed by atoms with E-state index in [-0.39, 0.29) is 4.90 Å². The van der Waals surface area contributed by atoms with E-state index in [1.165, 1.54) is 5.56 Å². The van der Waals surface area contributed by atoms with Crippen molar-refractivity contribution in [1.82, 2.24) is 4.83 Å². The number of hydrogen-bond donors (Lipinski definition) is 1. The molecule has 5 nitrogen and oxygen atoms in total. The molecule has 0 amide bonds. The van der Waals surface area contributed by atoms with Gasteiger partial charge in [0.05, 0.1) is 17.0 Å². The SMILES string of the molecule is COc1ccc(C2CCC(=NNS(=O)(=O)c3ccc(C)cc3)CC2)cc1Cl. The minimum Gasteiger partial charge on any atom is -0.495 e.